The number of benzene rings is 2. The van der Waals surface area contributed by atoms with Gasteiger partial charge in [-0.05, 0) is 37.3 Å². The molecule has 6 heteroatoms. The maximum Gasteiger partial charge on any atom is 0.340 e. The van der Waals surface area contributed by atoms with Crippen molar-refractivity contribution in [3.05, 3.63) is 60.3 Å². The van der Waals surface area contributed by atoms with Crippen LogP contribution in [0, 0.1) is 0 Å². The fraction of sp³-hybridized carbons (Fsp3) is 0.200. The molecule has 0 saturated carbocycles. The van der Waals surface area contributed by atoms with E-state index < -0.39 is 12.0 Å². The number of anilines is 1. The van der Waals surface area contributed by atoms with Crippen LogP contribution in [0.15, 0.2) is 54.7 Å². The van der Waals surface area contributed by atoms with Gasteiger partial charge in [0.05, 0.1) is 19.8 Å². The fourth-order valence-corrected chi connectivity index (χ4v) is 2.85. The first-order valence-electron chi connectivity index (χ1n) is 8.18. The lowest BCUT2D eigenvalue weighted by Crippen LogP contribution is -2.23. The van der Waals surface area contributed by atoms with Crippen LogP contribution in [0.4, 0.5) is 5.69 Å². The molecule has 134 valence electrons. The van der Waals surface area contributed by atoms with Crippen molar-refractivity contribution in [1.82, 2.24) is 4.57 Å². The van der Waals surface area contributed by atoms with Crippen molar-refractivity contribution in [3.63, 3.8) is 0 Å². The van der Waals surface area contributed by atoms with Gasteiger partial charge in [-0.2, -0.15) is 0 Å². The average Bonchev–Trinajstić information content (AvgIpc) is 3.07. The van der Waals surface area contributed by atoms with E-state index >= 15 is 0 Å². The molecule has 1 aromatic heterocycles. The number of amides is 1. The van der Waals surface area contributed by atoms with Crippen molar-refractivity contribution in [2.45, 2.75) is 13.0 Å². The molecule has 0 radical (unpaired) electrons. The quantitative estimate of drug-likeness (QED) is 0.712. The zero-order chi connectivity index (χ0) is 18.7. The first kappa shape index (κ1) is 17.5. The highest BCUT2D eigenvalue weighted by molar-refractivity contribution is 6.05. The monoisotopic (exact) mass is 352 g/mol. The van der Waals surface area contributed by atoms with E-state index in [0.717, 1.165) is 16.7 Å². The van der Waals surface area contributed by atoms with Gasteiger partial charge in [0.15, 0.2) is 0 Å². The Hall–Kier alpha value is -3.28. The second kappa shape index (κ2) is 7.31. The van der Waals surface area contributed by atoms with Gasteiger partial charge in [-0.15, -0.1) is 0 Å². The summed E-state index contributed by atoms with van der Waals surface area (Å²) in [5.74, 6) is 0.102. The molecule has 0 unspecified atom stereocenters. The minimum Gasteiger partial charge on any atom is -0.497 e. The first-order chi connectivity index (χ1) is 12.5. The van der Waals surface area contributed by atoms with Crippen molar-refractivity contribution in [3.8, 4) is 5.75 Å². The summed E-state index contributed by atoms with van der Waals surface area (Å²) in [5.41, 5.74) is 1.91. The zero-order valence-corrected chi connectivity index (χ0v) is 14.9. The molecule has 0 bridgehead atoms. The third-order valence-corrected chi connectivity index (χ3v) is 4.30. The molecule has 3 aromatic rings. The highest BCUT2D eigenvalue weighted by Crippen LogP contribution is 2.26. The molecule has 1 atom stereocenters. The molecule has 0 aliphatic heterocycles. The summed E-state index contributed by atoms with van der Waals surface area (Å²) < 4.78 is 11.7. The third-order valence-electron chi connectivity index (χ3n) is 4.30. The Labute approximate surface area is 151 Å². The van der Waals surface area contributed by atoms with E-state index in [9.17, 15) is 9.59 Å². The summed E-state index contributed by atoms with van der Waals surface area (Å²) in [5, 5.41) is 3.63. The number of ether oxygens (including phenoxy) is 2. The summed E-state index contributed by atoms with van der Waals surface area (Å²) in [4.78, 5) is 24.7. The molecule has 1 N–H and O–H groups in total. The number of esters is 1. The van der Waals surface area contributed by atoms with Crippen molar-refractivity contribution < 1.29 is 19.1 Å². The Bertz CT molecular complexity index is 944. The summed E-state index contributed by atoms with van der Waals surface area (Å²) in [6, 6.07) is 14.0. The first-order valence-corrected chi connectivity index (χ1v) is 8.18. The van der Waals surface area contributed by atoms with E-state index in [4.69, 9.17) is 9.47 Å². The van der Waals surface area contributed by atoms with E-state index in [2.05, 4.69) is 5.32 Å². The Morgan fingerprint density at radius 3 is 2.38 bits per heavy atom. The summed E-state index contributed by atoms with van der Waals surface area (Å²) >= 11 is 0. The maximum atomic E-state index is 12.7. The van der Waals surface area contributed by atoms with Gasteiger partial charge in [-0.25, -0.2) is 4.79 Å². The van der Waals surface area contributed by atoms with Crippen molar-refractivity contribution >= 4 is 28.5 Å². The fourth-order valence-electron chi connectivity index (χ4n) is 2.85. The number of rotatable bonds is 5. The van der Waals surface area contributed by atoms with Crippen LogP contribution < -0.4 is 10.1 Å². The van der Waals surface area contributed by atoms with Crippen LogP contribution in [-0.2, 0) is 9.53 Å². The van der Waals surface area contributed by atoms with Crippen LogP contribution in [0.25, 0.3) is 10.9 Å². The number of nitrogens with one attached hydrogen (secondary N) is 1. The smallest absolute Gasteiger partial charge is 0.340 e. The van der Waals surface area contributed by atoms with Crippen molar-refractivity contribution in [2.75, 3.05) is 19.5 Å². The number of hydrogen-bond donors (Lipinski definition) is 1. The minimum absolute atomic E-state index is 0.188. The number of para-hydroxylation sites is 1. The lowest BCUT2D eigenvalue weighted by atomic mass is 10.2. The van der Waals surface area contributed by atoms with E-state index in [-0.39, 0.29) is 5.91 Å². The van der Waals surface area contributed by atoms with E-state index in [1.54, 1.807) is 49.1 Å². The third kappa shape index (κ3) is 3.26. The van der Waals surface area contributed by atoms with Gasteiger partial charge < -0.3 is 19.4 Å². The number of nitrogens with zero attached hydrogens (tertiary/aromatic N) is 1. The lowest BCUT2D eigenvalue weighted by Gasteiger charge is -2.15. The molecular formula is C20H20N2O4. The Morgan fingerprint density at radius 1 is 1.04 bits per heavy atom. The van der Waals surface area contributed by atoms with Gasteiger partial charge in [0.1, 0.15) is 11.8 Å². The predicted molar refractivity (Wildman–Crippen MR) is 99.6 cm³/mol. The Balaban J connectivity index is 1.90. The van der Waals surface area contributed by atoms with Crippen LogP contribution in [0.2, 0.25) is 0 Å². The molecule has 26 heavy (non-hydrogen) atoms. The molecule has 1 heterocycles. The van der Waals surface area contributed by atoms with Crippen LogP contribution in [0.1, 0.15) is 23.3 Å². The molecule has 1 amide bonds. The largest absolute Gasteiger partial charge is 0.497 e. The average molecular weight is 352 g/mol. The van der Waals surface area contributed by atoms with Gasteiger partial charge in [0.2, 0.25) is 5.91 Å². The van der Waals surface area contributed by atoms with Crippen LogP contribution in [0.5, 0.6) is 5.75 Å². The number of fused-ring (bicyclic) bond motifs is 1. The van der Waals surface area contributed by atoms with E-state index in [1.807, 2.05) is 24.3 Å². The molecule has 0 spiro atoms. The minimum atomic E-state index is -0.514. The molecule has 0 aliphatic carbocycles. The zero-order valence-electron chi connectivity index (χ0n) is 14.9. The van der Waals surface area contributed by atoms with E-state index in [0.29, 0.717) is 11.3 Å². The van der Waals surface area contributed by atoms with Gasteiger partial charge in [0.25, 0.3) is 0 Å². The normalized spacial score (nSPS) is 11.8. The van der Waals surface area contributed by atoms with Gasteiger partial charge in [-0.1, -0.05) is 18.2 Å². The summed E-state index contributed by atoms with van der Waals surface area (Å²) in [6.45, 7) is 1.78. The van der Waals surface area contributed by atoms with Gasteiger partial charge in [0, 0.05) is 22.8 Å². The van der Waals surface area contributed by atoms with Crippen molar-refractivity contribution in [1.29, 1.82) is 0 Å². The highest BCUT2D eigenvalue weighted by Gasteiger charge is 2.21. The molecule has 2 aromatic carbocycles. The molecule has 0 aliphatic rings. The SMILES string of the molecule is COC(=O)c1cn([C@H](C)C(=O)Nc2ccc(OC)cc2)c2ccccc12. The van der Waals surface area contributed by atoms with E-state index in [1.165, 1.54) is 7.11 Å². The van der Waals surface area contributed by atoms with Gasteiger partial charge >= 0.3 is 5.97 Å². The standard InChI is InChI=1S/C20H20N2O4/c1-13(19(23)21-14-8-10-15(25-2)11-9-14)22-12-17(20(24)26-3)16-6-4-5-7-18(16)22/h4-13H,1-3H3,(H,21,23)/t13-/m1/s1. The molecule has 0 fully saturated rings. The molecular weight excluding hydrogens is 332 g/mol. The lowest BCUT2D eigenvalue weighted by molar-refractivity contribution is -0.118. The van der Waals surface area contributed by atoms with Crippen LogP contribution >= 0.6 is 0 Å². The second-order valence-electron chi connectivity index (χ2n) is 5.85. The Morgan fingerprint density at radius 2 is 1.73 bits per heavy atom. The maximum absolute atomic E-state index is 12.7. The van der Waals surface area contributed by atoms with Gasteiger partial charge in [-0.3, -0.25) is 4.79 Å². The Kier molecular flexibility index (Phi) is 4.93. The molecule has 0 saturated heterocycles. The van der Waals surface area contributed by atoms with Crippen molar-refractivity contribution in [2.24, 2.45) is 0 Å². The van der Waals surface area contributed by atoms with Crippen LogP contribution in [0.3, 0.4) is 0 Å². The summed E-state index contributed by atoms with van der Waals surface area (Å²) in [7, 11) is 2.93. The number of carbonyl (C=O) groups is 2. The number of hydrogen-bond acceptors (Lipinski definition) is 4. The highest BCUT2D eigenvalue weighted by atomic mass is 16.5. The number of aromatic nitrogens is 1. The number of methoxy groups -OCH3 is 2. The topological polar surface area (TPSA) is 69.6 Å². The summed E-state index contributed by atoms with van der Waals surface area (Å²) in [6.07, 6.45) is 1.66. The molecule has 6 nitrogen and oxygen atoms in total. The van der Waals surface area contributed by atoms with Crippen LogP contribution in [-0.4, -0.2) is 30.7 Å². The second-order valence-corrected chi connectivity index (χ2v) is 5.85. The number of carbonyl (C=O) groups excluding carboxylic acids is 2. The predicted octanol–water partition coefficient (Wildman–Crippen LogP) is 3.64. The molecule has 3 rings (SSSR count).